The van der Waals surface area contributed by atoms with E-state index in [4.69, 9.17) is 20.7 Å². The van der Waals surface area contributed by atoms with Gasteiger partial charge in [-0.05, 0) is 32.9 Å². The Hall–Kier alpha value is -2.57. The topological polar surface area (TPSA) is 127 Å². The van der Waals surface area contributed by atoms with Crippen molar-refractivity contribution in [3.63, 3.8) is 0 Å². The number of aromatic carboxylic acids is 2. The molecule has 0 saturated heterocycles. The van der Waals surface area contributed by atoms with Crippen LogP contribution in [0.25, 0.3) is 0 Å². The van der Waals surface area contributed by atoms with Gasteiger partial charge in [0.2, 0.25) is 0 Å². The summed E-state index contributed by atoms with van der Waals surface area (Å²) in [4.78, 5) is 34.4. The Kier molecular flexibility index (Phi) is 4.03. The van der Waals surface area contributed by atoms with Crippen molar-refractivity contribution in [2.45, 2.75) is 26.4 Å². The van der Waals surface area contributed by atoms with Gasteiger partial charge >= 0.3 is 17.9 Å². The number of carbonyl (C=O) groups is 3. The van der Waals surface area contributed by atoms with E-state index in [0.29, 0.717) is 0 Å². The summed E-state index contributed by atoms with van der Waals surface area (Å²) in [5.41, 5.74) is 2.98. The van der Waals surface area contributed by atoms with Crippen LogP contribution < -0.4 is 5.73 Å². The molecule has 108 valence electrons. The number of hydrogen-bond acceptors (Lipinski definition) is 5. The summed E-state index contributed by atoms with van der Waals surface area (Å²) in [6, 6.07) is 2.04. The first-order valence-corrected chi connectivity index (χ1v) is 5.66. The van der Waals surface area contributed by atoms with E-state index in [-0.39, 0.29) is 5.69 Å². The quantitative estimate of drug-likeness (QED) is 0.567. The van der Waals surface area contributed by atoms with Crippen molar-refractivity contribution in [3.05, 3.63) is 28.8 Å². The molecule has 0 amide bonds. The van der Waals surface area contributed by atoms with Gasteiger partial charge in [0.15, 0.2) is 0 Å². The zero-order valence-corrected chi connectivity index (χ0v) is 11.3. The Balaban J connectivity index is 3.52. The molecule has 0 aromatic heterocycles. The number of ether oxygens (including phenoxy) is 1. The summed E-state index contributed by atoms with van der Waals surface area (Å²) >= 11 is 0. The lowest BCUT2D eigenvalue weighted by atomic mass is 9.99. The lowest BCUT2D eigenvalue weighted by molar-refractivity contribution is 0.00623. The van der Waals surface area contributed by atoms with E-state index < -0.39 is 40.2 Å². The standard InChI is InChI=1S/C13H15NO6/c1-13(2,3)20-12(19)9-7(10(15)16)4-6(14)5-8(9)11(17)18/h4-5H,14H2,1-3H3,(H,15,16)(H,17,18). The van der Waals surface area contributed by atoms with Crippen LogP contribution in [0.4, 0.5) is 5.69 Å². The minimum Gasteiger partial charge on any atom is -0.478 e. The normalized spacial score (nSPS) is 10.9. The predicted octanol–water partition coefficient (Wildman–Crippen LogP) is 1.62. The van der Waals surface area contributed by atoms with Crippen molar-refractivity contribution >= 4 is 23.6 Å². The number of esters is 1. The highest BCUT2D eigenvalue weighted by atomic mass is 16.6. The van der Waals surface area contributed by atoms with Crippen LogP contribution in [0, 0.1) is 0 Å². The van der Waals surface area contributed by atoms with E-state index in [2.05, 4.69) is 0 Å². The molecule has 7 heteroatoms. The molecule has 1 aromatic carbocycles. The number of hydrogen-bond donors (Lipinski definition) is 3. The molecule has 0 radical (unpaired) electrons. The largest absolute Gasteiger partial charge is 0.478 e. The van der Waals surface area contributed by atoms with Gasteiger partial charge in [0.05, 0.1) is 16.7 Å². The third kappa shape index (κ3) is 3.47. The van der Waals surface area contributed by atoms with Crippen LogP contribution in [0.1, 0.15) is 51.8 Å². The molecule has 1 aromatic rings. The van der Waals surface area contributed by atoms with E-state index >= 15 is 0 Å². The van der Waals surface area contributed by atoms with Crippen molar-refractivity contribution in [2.24, 2.45) is 0 Å². The summed E-state index contributed by atoms with van der Waals surface area (Å²) in [5, 5.41) is 18.2. The summed E-state index contributed by atoms with van der Waals surface area (Å²) in [5.74, 6) is -3.94. The highest BCUT2D eigenvalue weighted by Crippen LogP contribution is 2.23. The molecular weight excluding hydrogens is 266 g/mol. The third-order valence-electron chi connectivity index (χ3n) is 2.22. The predicted molar refractivity (Wildman–Crippen MR) is 69.9 cm³/mol. The Morgan fingerprint density at radius 2 is 1.45 bits per heavy atom. The zero-order chi connectivity index (χ0) is 15.7. The lowest BCUT2D eigenvalue weighted by Gasteiger charge is -2.21. The highest BCUT2D eigenvalue weighted by molar-refractivity contribution is 6.10. The second kappa shape index (κ2) is 5.20. The summed E-state index contributed by atoms with van der Waals surface area (Å²) in [6.45, 7) is 4.76. The fraction of sp³-hybridized carbons (Fsp3) is 0.308. The number of anilines is 1. The second-order valence-electron chi connectivity index (χ2n) is 5.10. The van der Waals surface area contributed by atoms with Crippen LogP contribution >= 0.6 is 0 Å². The molecule has 4 N–H and O–H groups in total. The smallest absolute Gasteiger partial charge is 0.340 e. The number of nitrogens with two attached hydrogens (primary N) is 1. The maximum absolute atomic E-state index is 12.0. The number of benzene rings is 1. The summed E-state index contributed by atoms with van der Waals surface area (Å²) in [6.07, 6.45) is 0. The Labute approximate surface area is 115 Å². The number of carboxylic acids is 2. The number of nitrogen functional groups attached to an aromatic ring is 1. The van der Waals surface area contributed by atoms with E-state index in [1.165, 1.54) is 0 Å². The number of rotatable bonds is 3. The van der Waals surface area contributed by atoms with Crippen molar-refractivity contribution < 1.29 is 29.3 Å². The average molecular weight is 281 g/mol. The van der Waals surface area contributed by atoms with Crippen molar-refractivity contribution in [1.29, 1.82) is 0 Å². The average Bonchev–Trinajstić information content (AvgIpc) is 2.24. The zero-order valence-electron chi connectivity index (χ0n) is 11.3. The molecule has 1 rings (SSSR count). The lowest BCUT2D eigenvalue weighted by Crippen LogP contribution is -2.27. The molecule has 7 nitrogen and oxygen atoms in total. The van der Waals surface area contributed by atoms with Gasteiger partial charge < -0.3 is 20.7 Å². The fourth-order valence-corrected chi connectivity index (χ4v) is 1.55. The molecule has 20 heavy (non-hydrogen) atoms. The maximum Gasteiger partial charge on any atom is 0.340 e. The van der Waals surface area contributed by atoms with Crippen LogP contribution in [0.5, 0.6) is 0 Å². The first kappa shape index (κ1) is 15.5. The molecule has 0 heterocycles. The van der Waals surface area contributed by atoms with Crippen LogP contribution in [-0.4, -0.2) is 33.7 Å². The molecule has 0 fully saturated rings. The second-order valence-corrected chi connectivity index (χ2v) is 5.10. The van der Waals surface area contributed by atoms with Gasteiger partial charge in [-0.15, -0.1) is 0 Å². The van der Waals surface area contributed by atoms with Crippen molar-refractivity contribution in [3.8, 4) is 0 Å². The van der Waals surface area contributed by atoms with Crippen LogP contribution in [0.15, 0.2) is 12.1 Å². The third-order valence-corrected chi connectivity index (χ3v) is 2.22. The molecule has 0 bridgehead atoms. The van der Waals surface area contributed by atoms with E-state index in [0.717, 1.165) is 12.1 Å². The minimum absolute atomic E-state index is 0.0629. The van der Waals surface area contributed by atoms with Crippen molar-refractivity contribution in [2.75, 3.05) is 5.73 Å². The molecule has 0 aliphatic rings. The first-order chi connectivity index (χ1) is 9.03. The first-order valence-electron chi connectivity index (χ1n) is 5.66. The number of carbonyl (C=O) groups excluding carboxylic acids is 1. The highest BCUT2D eigenvalue weighted by Gasteiger charge is 2.28. The maximum atomic E-state index is 12.0. The molecule has 0 spiro atoms. The molecule has 0 atom stereocenters. The molecule has 0 aliphatic carbocycles. The van der Waals surface area contributed by atoms with Gasteiger partial charge in [-0.25, -0.2) is 14.4 Å². The van der Waals surface area contributed by atoms with E-state index in [9.17, 15) is 14.4 Å². The van der Waals surface area contributed by atoms with Crippen LogP contribution in [0.2, 0.25) is 0 Å². The summed E-state index contributed by atoms with van der Waals surface area (Å²) in [7, 11) is 0. The fourth-order valence-electron chi connectivity index (χ4n) is 1.55. The summed E-state index contributed by atoms with van der Waals surface area (Å²) < 4.78 is 5.04. The van der Waals surface area contributed by atoms with E-state index in [1.807, 2.05) is 0 Å². The minimum atomic E-state index is -1.46. The Bertz CT molecular complexity index is 550. The Morgan fingerprint density at radius 1 is 1.05 bits per heavy atom. The monoisotopic (exact) mass is 281 g/mol. The van der Waals surface area contributed by atoms with Crippen molar-refractivity contribution in [1.82, 2.24) is 0 Å². The van der Waals surface area contributed by atoms with Gasteiger partial charge in [-0.2, -0.15) is 0 Å². The van der Waals surface area contributed by atoms with Gasteiger partial charge in [0, 0.05) is 5.69 Å². The molecular formula is C13H15NO6. The number of carboxylic acid groups (broad SMARTS) is 2. The van der Waals surface area contributed by atoms with Crippen LogP contribution in [0.3, 0.4) is 0 Å². The van der Waals surface area contributed by atoms with Gasteiger partial charge in [0.25, 0.3) is 0 Å². The molecule has 0 saturated carbocycles. The molecule has 0 unspecified atom stereocenters. The Morgan fingerprint density at radius 3 is 1.75 bits per heavy atom. The van der Waals surface area contributed by atoms with Gasteiger partial charge in [-0.3, -0.25) is 0 Å². The van der Waals surface area contributed by atoms with Gasteiger partial charge in [-0.1, -0.05) is 0 Å². The van der Waals surface area contributed by atoms with Crippen LogP contribution in [-0.2, 0) is 4.74 Å². The van der Waals surface area contributed by atoms with Gasteiger partial charge in [0.1, 0.15) is 5.60 Å². The SMILES string of the molecule is CC(C)(C)OC(=O)c1c(C(=O)O)cc(N)cc1C(=O)O. The molecule has 0 aliphatic heterocycles. The van der Waals surface area contributed by atoms with E-state index in [1.54, 1.807) is 20.8 Å².